The average Bonchev–Trinajstić information content (AvgIpc) is 2.69. The van der Waals surface area contributed by atoms with Gasteiger partial charge in [0.1, 0.15) is 0 Å². The summed E-state index contributed by atoms with van der Waals surface area (Å²) >= 11 is 0. The molecule has 0 spiro atoms. The summed E-state index contributed by atoms with van der Waals surface area (Å²) in [5, 5.41) is 3.53. The molecule has 3 rings (SSSR count). The predicted octanol–water partition coefficient (Wildman–Crippen LogP) is 3.91. The van der Waals surface area contributed by atoms with Gasteiger partial charge < -0.3 is 10.2 Å². The van der Waals surface area contributed by atoms with E-state index in [1.54, 1.807) is 4.90 Å². The number of likely N-dealkylation sites (tertiary alicyclic amines) is 1. The van der Waals surface area contributed by atoms with E-state index in [0.29, 0.717) is 19.5 Å². The number of carbonyl (C=O) groups is 2. The molecular formula is C23H28N2O2. The summed E-state index contributed by atoms with van der Waals surface area (Å²) in [5.74, 6) is -0.622. The zero-order valence-electron chi connectivity index (χ0n) is 16.2. The van der Waals surface area contributed by atoms with Crippen molar-refractivity contribution in [1.82, 2.24) is 4.90 Å². The predicted molar refractivity (Wildman–Crippen MR) is 109 cm³/mol. The molecule has 1 fully saturated rings. The van der Waals surface area contributed by atoms with Crippen LogP contribution in [0.2, 0.25) is 0 Å². The second kappa shape index (κ2) is 8.85. The van der Waals surface area contributed by atoms with E-state index < -0.39 is 0 Å². The first-order chi connectivity index (χ1) is 13.0. The molecule has 0 aromatic heterocycles. The Morgan fingerprint density at radius 1 is 1.07 bits per heavy atom. The Morgan fingerprint density at radius 2 is 1.85 bits per heavy atom. The van der Waals surface area contributed by atoms with Crippen molar-refractivity contribution in [3.8, 4) is 0 Å². The molecule has 0 bridgehead atoms. The highest BCUT2D eigenvalue weighted by Crippen LogP contribution is 2.19. The second-order valence-electron chi connectivity index (χ2n) is 7.44. The number of piperidine rings is 1. The number of aryl methyl sites for hydroxylation is 3. The monoisotopic (exact) mass is 364 g/mol. The molecule has 2 aromatic carbocycles. The fourth-order valence-corrected chi connectivity index (χ4v) is 3.53. The largest absolute Gasteiger partial charge is 0.381 e. The van der Waals surface area contributed by atoms with Crippen LogP contribution in [-0.2, 0) is 16.0 Å². The zero-order chi connectivity index (χ0) is 19.2. The van der Waals surface area contributed by atoms with Gasteiger partial charge in [0.15, 0.2) is 0 Å². The second-order valence-corrected chi connectivity index (χ2v) is 7.44. The molecule has 1 atom stereocenters. The summed E-state index contributed by atoms with van der Waals surface area (Å²) in [5.41, 5.74) is 4.68. The number of nitrogens with one attached hydrogen (secondary N) is 1. The van der Waals surface area contributed by atoms with Gasteiger partial charge in [-0.25, -0.2) is 0 Å². The first kappa shape index (κ1) is 19.2. The van der Waals surface area contributed by atoms with Crippen LogP contribution >= 0.6 is 0 Å². The van der Waals surface area contributed by atoms with E-state index in [4.69, 9.17) is 0 Å². The number of nitrogens with zero attached hydrogens (tertiary/aromatic N) is 1. The molecule has 1 heterocycles. The number of Topliss-reactive ketones (excluding diaryl/α,β-unsaturated/α-hetero) is 1. The quantitative estimate of drug-likeness (QED) is 0.791. The van der Waals surface area contributed by atoms with Gasteiger partial charge in [-0.15, -0.1) is 0 Å². The molecule has 142 valence electrons. The van der Waals surface area contributed by atoms with Crippen molar-refractivity contribution in [3.63, 3.8) is 0 Å². The molecule has 0 aliphatic carbocycles. The Hall–Kier alpha value is -2.62. The maximum absolute atomic E-state index is 12.6. The van der Waals surface area contributed by atoms with E-state index in [1.165, 1.54) is 11.1 Å². The van der Waals surface area contributed by atoms with Gasteiger partial charge in [-0.05, 0) is 61.9 Å². The van der Waals surface area contributed by atoms with E-state index in [9.17, 15) is 9.59 Å². The number of anilines is 1. The SMILES string of the molecule is Cc1ccc(N[C@H]2CCCN(C(=O)C(=O)CCc3ccccc3)C2)cc1C. The van der Waals surface area contributed by atoms with Crippen molar-refractivity contribution < 1.29 is 9.59 Å². The highest BCUT2D eigenvalue weighted by molar-refractivity contribution is 6.36. The minimum Gasteiger partial charge on any atom is -0.381 e. The highest BCUT2D eigenvalue weighted by atomic mass is 16.2. The van der Waals surface area contributed by atoms with Gasteiger partial charge in [-0.2, -0.15) is 0 Å². The summed E-state index contributed by atoms with van der Waals surface area (Å²) < 4.78 is 0. The number of benzene rings is 2. The Bertz CT molecular complexity index is 801. The van der Waals surface area contributed by atoms with Crippen LogP contribution in [0.25, 0.3) is 0 Å². The summed E-state index contributed by atoms with van der Waals surface area (Å²) in [6.07, 6.45) is 2.81. The van der Waals surface area contributed by atoms with Crippen LogP contribution in [0.5, 0.6) is 0 Å². The van der Waals surface area contributed by atoms with Crippen molar-refractivity contribution in [2.45, 2.75) is 45.6 Å². The van der Waals surface area contributed by atoms with E-state index in [1.807, 2.05) is 30.3 Å². The van der Waals surface area contributed by atoms with Crippen LogP contribution in [0.15, 0.2) is 48.5 Å². The fraction of sp³-hybridized carbons (Fsp3) is 0.391. The normalized spacial score (nSPS) is 16.8. The zero-order valence-corrected chi connectivity index (χ0v) is 16.2. The van der Waals surface area contributed by atoms with Gasteiger partial charge >= 0.3 is 0 Å². The molecule has 27 heavy (non-hydrogen) atoms. The Labute approximate surface area is 161 Å². The molecule has 1 aliphatic rings. The Balaban J connectivity index is 1.54. The van der Waals surface area contributed by atoms with Gasteiger partial charge in [-0.3, -0.25) is 9.59 Å². The van der Waals surface area contributed by atoms with E-state index in [0.717, 1.165) is 24.1 Å². The molecular weight excluding hydrogens is 336 g/mol. The highest BCUT2D eigenvalue weighted by Gasteiger charge is 2.27. The lowest BCUT2D eigenvalue weighted by Crippen LogP contribution is -2.47. The molecule has 4 heteroatoms. The number of rotatable bonds is 6. The van der Waals surface area contributed by atoms with Gasteiger partial charge in [-0.1, -0.05) is 36.4 Å². The molecule has 1 saturated heterocycles. The van der Waals surface area contributed by atoms with Crippen LogP contribution in [-0.4, -0.2) is 35.7 Å². The molecule has 0 unspecified atom stereocenters. The Kier molecular flexibility index (Phi) is 6.28. The minimum absolute atomic E-state index is 0.187. The maximum Gasteiger partial charge on any atom is 0.290 e. The number of hydrogen-bond acceptors (Lipinski definition) is 3. The van der Waals surface area contributed by atoms with E-state index >= 15 is 0 Å². The standard InChI is InChI=1S/C23H28N2O2/c1-17-10-12-20(15-18(17)2)24-21-9-6-14-25(16-21)23(27)22(26)13-11-19-7-4-3-5-8-19/h3-5,7-8,10,12,15,21,24H,6,9,11,13-14,16H2,1-2H3/t21-/m0/s1. The summed E-state index contributed by atoms with van der Waals surface area (Å²) in [4.78, 5) is 26.6. The molecule has 0 radical (unpaired) electrons. The molecule has 4 nitrogen and oxygen atoms in total. The smallest absolute Gasteiger partial charge is 0.290 e. The number of amides is 1. The number of carbonyl (C=O) groups excluding carboxylic acids is 2. The number of ketones is 1. The third-order valence-electron chi connectivity index (χ3n) is 5.31. The molecule has 1 aliphatic heterocycles. The maximum atomic E-state index is 12.6. The van der Waals surface area contributed by atoms with Crippen LogP contribution in [0.1, 0.15) is 36.0 Å². The summed E-state index contributed by atoms with van der Waals surface area (Å²) in [7, 11) is 0. The van der Waals surface area contributed by atoms with Gasteiger partial charge in [0.05, 0.1) is 0 Å². The van der Waals surface area contributed by atoms with Crippen LogP contribution in [0.4, 0.5) is 5.69 Å². The van der Waals surface area contributed by atoms with Crippen LogP contribution in [0, 0.1) is 13.8 Å². The topological polar surface area (TPSA) is 49.4 Å². The van der Waals surface area contributed by atoms with Gasteiger partial charge in [0.2, 0.25) is 5.78 Å². The molecule has 2 aromatic rings. The van der Waals surface area contributed by atoms with Crippen molar-refractivity contribution >= 4 is 17.4 Å². The van der Waals surface area contributed by atoms with Crippen molar-refractivity contribution in [1.29, 1.82) is 0 Å². The molecule has 0 saturated carbocycles. The lowest BCUT2D eigenvalue weighted by atomic mass is 10.0. The summed E-state index contributed by atoms with van der Waals surface area (Å²) in [6.45, 7) is 5.45. The third-order valence-corrected chi connectivity index (χ3v) is 5.31. The van der Waals surface area contributed by atoms with E-state index in [2.05, 4.69) is 37.4 Å². The van der Waals surface area contributed by atoms with Crippen molar-refractivity contribution in [3.05, 3.63) is 65.2 Å². The lowest BCUT2D eigenvalue weighted by molar-refractivity contribution is -0.145. The van der Waals surface area contributed by atoms with Crippen LogP contribution < -0.4 is 5.32 Å². The van der Waals surface area contributed by atoms with Crippen LogP contribution in [0.3, 0.4) is 0 Å². The first-order valence-corrected chi connectivity index (χ1v) is 9.73. The van der Waals surface area contributed by atoms with Gasteiger partial charge in [0, 0.05) is 31.2 Å². The van der Waals surface area contributed by atoms with Crippen molar-refractivity contribution in [2.75, 3.05) is 18.4 Å². The minimum atomic E-state index is -0.336. The fourth-order valence-electron chi connectivity index (χ4n) is 3.53. The van der Waals surface area contributed by atoms with Gasteiger partial charge in [0.25, 0.3) is 5.91 Å². The molecule has 1 amide bonds. The third kappa shape index (κ3) is 5.19. The molecule has 1 N–H and O–H groups in total. The van der Waals surface area contributed by atoms with Crippen molar-refractivity contribution in [2.24, 2.45) is 0 Å². The number of hydrogen-bond donors (Lipinski definition) is 1. The lowest BCUT2D eigenvalue weighted by Gasteiger charge is -2.33. The van der Waals surface area contributed by atoms with E-state index in [-0.39, 0.29) is 24.2 Å². The average molecular weight is 364 g/mol. The Morgan fingerprint density at radius 3 is 2.59 bits per heavy atom. The summed E-state index contributed by atoms with van der Waals surface area (Å²) in [6, 6.07) is 16.3. The first-order valence-electron chi connectivity index (χ1n) is 9.73.